The highest BCUT2D eigenvalue weighted by Gasteiger charge is 2.23. The van der Waals surface area contributed by atoms with Crippen LogP contribution < -0.4 is 0 Å². The Bertz CT molecular complexity index is 851. The molecule has 1 unspecified atom stereocenters. The summed E-state index contributed by atoms with van der Waals surface area (Å²) in [6, 6.07) is 3.94. The molecule has 0 spiro atoms. The van der Waals surface area contributed by atoms with Crippen molar-refractivity contribution < 1.29 is 4.74 Å². The minimum Gasteiger partial charge on any atom is -0.358 e. The Labute approximate surface area is 134 Å². The average Bonchev–Trinajstić information content (AvgIpc) is 2.92. The van der Waals surface area contributed by atoms with Crippen molar-refractivity contribution in [3.8, 4) is 11.3 Å². The number of nitrogens with zero attached hydrogens (tertiary/aromatic N) is 5. The molecular weight excluding hydrogens is 290 g/mol. The quantitative estimate of drug-likeness (QED) is 0.727. The third-order valence-electron chi connectivity index (χ3n) is 4.36. The van der Waals surface area contributed by atoms with Crippen molar-refractivity contribution in [2.75, 3.05) is 6.61 Å². The van der Waals surface area contributed by atoms with E-state index < -0.39 is 0 Å². The van der Waals surface area contributed by atoms with E-state index in [2.05, 4.69) is 19.5 Å². The molecule has 1 aliphatic rings. The first-order chi connectivity index (χ1) is 11.3. The van der Waals surface area contributed by atoms with Crippen molar-refractivity contribution in [3.63, 3.8) is 0 Å². The number of fused-ring (bicyclic) bond motifs is 1. The Kier molecular flexibility index (Phi) is 3.53. The highest BCUT2D eigenvalue weighted by molar-refractivity contribution is 5.88. The van der Waals surface area contributed by atoms with Crippen LogP contribution in [0.5, 0.6) is 0 Å². The maximum atomic E-state index is 5.93. The predicted molar refractivity (Wildman–Crippen MR) is 86.9 cm³/mol. The molecule has 0 radical (unpaired) electrons. The molecule has 4 rings (SSSR count). The maximum absolute atomic E-state index is 5.93. The summed E-state index contributed by atoms with van der Waals surface area (Å²) < 4.78 is 8.03. The number of hydrogen-bond acceptors (Lipinski definition) is 5. The lowest BCUT2D eigenvalue weighted by molar-refractivity contribution is -0.0309. The van der Waals surface area contributed by atoms with Crippen LogP contribution in [0.4, 0.5) is 0 Å². The first kappa shape index (κ1) is 14.3. The van der Waals surface area contributed by atoms with E-state index in [9.17, 15) is 0 Å². The zero-order valence-electron chi connectivity index (χ0n) is 13.4. The van der Waals surface area contributed by atoms with Crippen LogP contribution in [0.25, 0.3) is 22.4 Å². The second-order valence-corrected chi connectivity index (χ2v) is 5.88. The summed E-state index contributed by atoms with van der Waals surface area (Å²) in [7, 11) is 0. The molecule has 3 aromatic rings. The molecule has 118 valence electrons. The molecule has 1 aliphatic heterocycles. The van der Waals surface area contributed by atoms with Gasteiger partial charge in [-0.25, -0.2) is 15.0 Å². The number of aryl methyl sites for hydroxylation is 2. The summed E-state index contributed by atoms with van der Waals surface area (Å²) in [5.41, 5.74) is 4.42. The average molecular weight is 309 g/mol. The zero-order valence-corrected chi connectivity index (χ0v) is 13.4. The smallest absolute Gasteiger partial charge is 0.166 e. The van der Waals surface area contributed by atoms with Crippen LogP contribution in [0.2, 0.25) is 0 Å². The third kappa shape index (κ3) is 2.39. The van der Waals surface area contributed by atoms with Crippen LogP contribution in [0.3, 0.4) is 0 Å². The Morgan fingerprint density at radius 1 is 1.17 bits per heavy atom. The van der Waals surface area contributed by atoms with Crippen LogP contribution in [0, 0.1) is 13.8 Å². The van der Waals surface area contributed by atoms with Crippen molar-refractivity contribution in [2.24, 2.45) is 0 Å². The monoisotopic (exact) mass is 309 g/mol. The van der Waals surface area contributed by atoms with E-state index in [1.165, 1.54) is 6.42 Å². The van der Waals surface area contributed by atoms with Gasteiger partial charge >= 0.3 is 0 Å². The number of pyridine rings is 1. The molecule has 0 aromatic carbocycles. The Hall–Kier alpha value is -2.34. The summed E-state index contributed by atoms with van der Waals surface area (Å²) in [4.78, 5) is 18.0. The van der Waals surface area contributed by atoms with E-state index in [1.807, 2.05) is 26.0 Å². The second kappa shape index (κ2) is 5.70. The van der Waals surface area contributed by atoms with Gasteiger partial charge in [0.2, 0.25) is 0 Å². The van der Waals surface area contributed by atoms with Gasteiger partial charge in [0.25, 0.3) is 0 Å². The van der Waals surface area contributed by atoms with E-state index in [1.54, 1.807) is 12.5 Å². The lowest BCUT2D eigenvalue weighted by Gasteiger charge is -2.24. The summed E-state index contributed by atoms with van der Waals surface area (Å²) >= 11 is 0. The fraction of sp³-hybridized carbons (Fsp3) is 0.412. The lowest BCUT2D eigenvalue weighted by atomic mass is 10.1. The van der Waals surface area contributed by atoms with Crippen LogP contribution in [-0.2, 0) is 4.74 Å². The third-order valence-corrected chi connectivity index (χ3v) is 4.36. The minimum atomic E-state index is 0.0199. The van der Waals surface area contributed by atoms with E-state index in [0.717, 1.165) is 53.4 Å². The molecule has 6 nitrogen and oxygen atoms in total. The standard InChI is InChI=1S/C17H19N5O/c1-11-13(6-5-8-18-11)15-16-17(20-10-19-15)22(12(2)21-16)14-7-3-4-9-23-14/h5-6,8,10,14H,3-4,7,9H2,1-2H3. The fourth-order valence-corrected chi connectivity index (χ4v) is 3.22. The zero-order chi connectivity index (χ0) is 15.8. The first-order valence-electron chi connectivity index (χ1n) is 7.99. The number of aromatic nitrogens is 5. The summed E-state index contributed by atoms with van der Waals surface area (Å²) in [6.07, 6.45) is 6.70. The highest BCUT2D eigenvalue weighted by atomic mass is 16.5. The topological polar surface area (TPSA) is 65.7 Å². The van der Waals surface area contributed by atoms with Gasteiger partial charge in [0.1, 0.15) is 29.6 Å². The summed E-state index contributed by atoms with van der Waals surface area (Å²) in [5, 5.41) is 0. The van der Waals surface area contributed by atoms with Gasteiger partial charge in [-0.1, -0.05) is 0 Å². The maximum Gasteiger partial charge on any atom is 0.166 e. The van der Waals surface area contributed by atoms with Gasteiger partial charge in [-0.15, -0.1) is 0 Å². The van der Waals surface area contributed by atoms with Gasteiger partial charge < -0.3 is 4.74 Å². The number of imidazole rings is 1. The van der Waals surface area contributed by atoms with Crippen LogP contribution in [-0.4, -0.2) is 31.1 Å². The summed E-state index contributed by atoms with van der Waals surface area (Å²) in [5.74, 6) is 0.912. The molecule has 0 saturated carbocycles. The molecule has 4 heterocycles. The van der Waals surface area contributed by atoms with Crippen LogP contribution in [0.1, 0.15) is 37.0 Å². The lowest BCUT2D eigenvalue weighted by Crippen LogP contribution is -2.19. The second-order valence-electron chi connectivity index (χ2n) is 5.88. The number of ether oxygens (including phenoxy) is 1. The summed E-state index contributed by atoms with van der Waals surface area (Å²) in [6.45, 7) is 4.78. The predicted octanol–water partition coefficient (Wildman–Crippen LogP) is 3.20. The van der Waals surface area contributed by atoms with Crippen molar-refractivity contribution in [1.82, 2.24) is 24.5 Å². The molecule has 0 bridgehead atoms. The SMILES string of the molecule is Cc1ncccc1-c1ncnc2c1nc(C)n2C1CCCCO1. The largest absolute Gasteiger partial charge is 0.358 e. The molecule has 0 aliphatic carbocycles. The van der Waals surface area contributed by atoms with Crippen molar-refractivity contribution >= 4 is 11.2 Å². The number of rotatable bonds is 2. The Balaban J connectivity index is 1.91. The molecule has 1 saturated heterocycles. The van der Waals surface area contributed by atoms with E-state index >= 15 is 0 Å². The van der Waals surface area contributed by atoms with Gasteiger partial charge in [-0.05, 0) is 45.2 Å². The van der Waals surface area contributed by atoms with Gasteiger partial charge in [0.05, 0.1) is 0 Å². The van der Waals surface area contributed by atoms with E-state index in [4.69, 9.17) is 9.72 Å². The fourth-order valence-electron chi connectivity index (χ4n) is 3.22. The van der Waals surface area contributed by atoms with Crippen LogP contribution in [0.15, 0.2) is 24.7 Å². The van der Waals surface area contributed by atoms with Gasteiger partial charge in [0, 0.05) is 24.1 Å². The van der Waals surface area contributed by atoms with Crippen LogP contribution >= 0.6 is 0 Å². The molecular formula is C17H19N5O. The van der Waals surface area contributed by atoms with Gasteiger partial charge in [-0.3, -0.25) is 9.55 Å². The molecule has 0 amide bonds. The van der Waals surface area contributed by atoms with Gasteiger partial charge in [0.15, 0.2) is 5.65 Å². The molecule has 3 aromatic heterocycles. The molecule has 1 atom stereocenters. The van der Waals surface area contributed by atoms with Gasteiger partial charge in [-0.2, -0.15) is 0 Å². The number of hydrogen-bond donors (Lipinski definition) is 0. The van der Waals surface area contributed by atoms with E-state index in [0.29, 0.717) is 0 Å². The molecule has 1 fully saturated rings. The molecule has 0 N–H and O–H groups in total. The molecule has 23 heavy (non-hydrogen) atoms. The minimum absolute atomic E-state index is 0.0199. The Morgan fingerprint density at radius 2 is 2.09 bits per heavy atom. The van der Waals surface area contributed by atoms with Crippen molar-refractivity contribution in [1.29, 1.82) is 0 Å². The highest BCUT2D eigenvalue weighted by Crippen LogP contribution is 2.31. The van der Waals surface area contributed by atoms with E-state index in [-0.39, 0.29) is 6.23 Å². The van der Waals surface area contributed by atoms with Crippen molar-refractivity contribution in [3.05, 3.63) is 36.2 Å². The van der Waals surface area contributed by atoms with Crippen molar-refractivity contribution in [2.45, 2.75) is 39.3 Å². The first-order valence-corrected chi connectivity index (χ1v) is 7.99. The molecule has 6 heteroatoms. The normalized spacial score (nSPS) is 18.4. The Morgan fingerprint density at radius 3 is 2.87 bits per heavy atom.